The van der Waals surface area contributed by atoms with E-state index in [4.69, 9.17) is 9.72 Å². The summed E-state index contributed by atoms with van der Waals surface area (Å²) in [6.45, 7) is 7.38. The molecule has 0 radical (unpaired) electrons. The van der Waals surface area contributed by atoms with Crippen molar-refractivity contribution in [3.8, 4) is 0 Å². The van der Waals surface area contributed by atoms with Gasteiger partial charge in [-0.15, -0.1) is 0 Å². The van der Waals surface area contributed by atoms with Gasteiger partial charge in [0.05, 0.1) is 17.8 Å². The third-order valence-electron chi connectivity index (χ3n) is 4.53. The maximum atomic E-state index is 5.90. The lowest BCUT2D eigenvalue weighted by molar-refractivity contribution is -0.0374. The van der Waals surface area contributed by atoms with Crippen molar-refractivity contribution in [1.29, 1.82) is 0 Å². The van der Waals surface area contributed by atoms with Crippen molar-refractivity contribution in [1.82, 2.24) is 25.1 Å². The molecule has 0 spiro atoms. The van der Waals surface area contributed by atoms with Gasteiger partial charge in [-0.3, -0.25) is 15.0 Å². The normalized spacial score (nSPS) is 18.9. The van der Waals surface area contributed by atoms with Crippen molar-refractivity contribution >= 4 is 10.9 Å². The van der Waals surface area contributed by atoms with E-state index in [-0.39, 0.29) is 6.10 Å². The van der Waals surface area contributed by atoms with Crippen LogP contribution in [0.4, 0.5) is 0 Å². The van der Waals surface area contributed by atoms with Gasteiger partial charge in [-0.2, -0.15) is 5.10 Å². The lowest BCUT2D eigenvalue weighted by atomic mass is 10.2. The Labute approximate surface area is 147 Å². The highest BCUT2D eigenvalue weighted by Crippen LogP contribution is 2.22. The number of aromatic amines is 1. The second-order valence-corrected chi connectivity index (χ2v) is 6.82. The largest absolute Gasteiger partial charge is 0.368 e. The molecule has 0 amide bonds. The Hall–Kier alpha value is -2.31. The van der Waals surface area contributed by atoms with Crippen molar-refractivity contribution in [2.75, 3.05) is 19.7 Å². The quantitative estimate of drug-likeness (QED) is 0.792. The van der Waals surface area contributed by atoms with Crippen LogP contribution in [-0.4, -0.2) is 44.8 Å². The Morgan fingerprint density at radius 1 is 1.20 bits per heavy atom. The Bertz CT molecular complexity index is 860. The van der Waals surface area contributed by atoms with Crippen LogP contribution in [-0.2, 0) is 11.3 Å². The zero-order valence-electron chi connectivity index (χ0n) is 14.6. The van der Waals surface area contributed by atoms with Gasteiger partial charge in [0, 0.05) is 30.9 Å². The van der Waals surface area contributed by atoms with Gasteiger partial charge in [0.25, 0.3) is 0 Å². The molecular formula is C19H23N5O. The highest BCUT2D eigenvalue weighted by atomic mass is 16.5. The minimum atomic E-state index is -0.0609. The summed E-state index contributed by atoms with van der Waals surface area (Å²) in [5.74, 6) is 1.97. The number of morpholine rings is 1. The third-order valence-corrected chi connectivity index (χ3v) is 4.53. The number of benzene rings is 1. The van der Waals surface area contributed by atoms with Gasteiger partial charge in [0.1, 0.15) is 6.10 Å². The molecule has 6 heteroatoms. The minimum Gasteiger partial charge on any atom is -0.368 e. The first kappa shape index (κ1) is 16.2. The molecule has 0 saturated carbocycles. The van der Waals surface area contributed by atoms with Crippen molar-refractivity contribution < 1.29 is 4.74 Å². The summed E-state index contributed by atoms with van der Waals surface area (Å²) in [6, 6.07) is 12.5. The fourth-order valence-corrected chi connectivity index (χ4v) is 3.13. The van der Waals surface area contributed by atoms with Crippen molar-refractivity contribution in [3.63, 3.8) is 0 Å². The summed E-state index contributed by atoms with van der Waals surface area (Å²) >= 11 is 0. The van der Waals surface area contributed by atoms with Gasteiger partial charge < -0.3 is 4.74 Å². The van der Waals surface area contributed by atoms with Crippen LogP contribution in [0.2, 0.25) is 0 Å². The average Bonchev–Trinajstić information content (AvgIpc) is 3.12. The summed E-state index contributed by atoms with van der Waals surface area (Å²) in [7, 11) is 0. The number of para-hydroxylation sites is 1. The number of ether oxygens (including phenoxy) is 1. The smallest absolute Gasteiger partial charge is 0.155 e. The number of aromatic nitrogens is 4. The van der Waals surface area contributed by atoms with Crippen molar-refractivity contribution in [2.45, 2.75) is 32.4 Å². The maximum absolute atomic E-state index is 5.90. The van der Waals surface area contributed by atoms with Crippen LogP contribution in [0.15, 0.2) is 36.4 Å². The molecule has 1 aliphatic heterocycles. The number of rotatable bonds is 4. The van der Waals surface area contributed by atoms with E-state index in [1.807, 2.05) is 12.1 Å². The molecular weight excluding hydrogens is 314 g/mol. The second kappa shape index (κ2) is 6.90. The van der Waals surface area contributed by atoms with E-state index in [0.717, 1.165) is 42.5 Å². The number of pyridine rings is 1. The predicted molar refractivity (Wildman–Crippen MR) is 96.2 cm³/mol. The van der Waals surface area contributed by atoms with E-state index >= 15 is 0 Å². The van der Waals surface area contributed by atoms with Crippen LogP contribution < -0.4 is 0 Å². The van der Waals surface area contributed by atoms with E-state index < -0.39 is 0 Å². The van der Waals surface area contributed by atoms with Gasteiger partial charge in [-0.25, -0.2) is 4.98 Å². The molecule has 0 bridgehead atoms. The van der Waals surface area contributed by atoms with Crippen LogP contribution in [0, 0.1) is 0 Å². The molecule has 1 fully saturated rings. The van der Waals surface area contributed by atoms with Crippen LogP contribution in [0.3, 0.4) is 0 Å². The zero-order valence-corrected chi connectivity index (χ0v) is 14.6. The first-order valence-corrected chi connectivity index (χ1v) is 8.80. The fourth-order valence-electron chi connectivity index (χ4n) is 3.13. The summed E-state index contributed by atoms with van der Waals surface area (Å²) < 4.78 is 5.90. The number of hydrogen-bond donors (Lipinski definition) is 1. The van der Waals surface area contributed by atoms with Crippen LogP contribution in [0.25, 0.3) is 10.9 Å². The van der Waals surface area contributed by atoms with Gasteiger partial charge in [0.15, 0.2) is 11.6 Å². The third kappa shape index (κ3) is 3.55. The zero-order chi connectivity index (χ0) is 17.2. The summed E-state index contributed by atoms with van der Waals surface area (Å²) in [5, 5.41) is 8.50. The summed E-state index contributed by atoms with van der Waals surface area (Å²) in [5.41, 5.74) is 2.13. The minimum absolute atomic E-state index is 0.0609. The molecule has 0 unspecified atom stereocenters. The molecule has 3 aromatic rings. The molecule has 1 saturated heterocycles. The van der Waals surface area contributed by atoms with Gasteiger partial charge >= 0.3 is 0 Å². The van der Waals surface area contributed by atoms with E-state index in [1.54, 1.807) is 0 Å². The topological polar surface area (TPSA) is 66.9 Å². The number of H-pyrrole nitrogens is 1. The number of fused-ring (bicyclic) bond motifs is 1. The Balaban J connectivity index is 1.46. The Morgan fingerprint density at radius 3 is 2.92 bits per heavy atom. The van der Waals surface area contributed by atoms with Crippen molar-refractivity contribution in [2.24, 2.45) is 0 Å². The van der Waals surface area contributed by atoms with Gasteiger partial charge in [-0.05, 0) is 12.1 Å². The lowest BCUT2D eigenvalue weighted by Gasteiger charge is -2.31. The highest BCUT2D eigenvalue weighted by molar-refractivity contribution is 5.78. The Morgan fingerprint density at radius 2 is 2.08 bits per heavy atom. The number of nitrogens with one attached hydrogen (secondary N) is 1. The van der Waals surface area contributed by atoms with E-state index in [9.17, 15) is 0 Å². The first-order valence-electron chi connectivity index (χ1n) is 8.80. The van der Waals surface area contributed by atoms with Crippen LogP contribution >= 0.6 is 0 Å². The van der Waals surface area contributed by atoms with E-state index in [1.165, 1.54) is 5.39 Å². The molecule has 4 rings (SSSR count). The summed E-state index contributed by atoms with van der Waals surface area (Å²) in [6.07, 6.45) is -0.0609. The molecule has 25 heavy (non-hydrogen) atoms. The molecule has 130 valence electrons. The SMILES string of the molecule is CC(C)c1n[nH]c([C@H]2CN(Cc3ccc4ccccc4n3)CCO2)n1. The fraction of sp³-hybridized carbons (Fsp3) is 0.421. The predicted octanol–water partition coefficient (Wildman–Crippen LogP) is 3.05. The van der Waals surface area contributed by atoms with Gasteiger partial charge in [0.2, 0.25) is 0 Å². The number of nitrogens with zero attached hydrogens (tertiary/aromatic N) is 4. The van der Waals surface area contributed by atoms with Gasteiger partial charge in [-0.1, -0.05) is 38.1 Å². The molecule has 1 aromatic carbocycles. The monoisotopic (exact) mass is 337 g/mol. The average molecular weight is 337 g/mol. The molecule has 1 aliphatic rings. The molecule has 0 aliphatic carbocycles. The number of hydrogen-bond acceptors (Lipinski definition) is 5. The van der Waals surface area contributed by atoms with E-state index in [0.29, 0.717) is 12.5 Å². The molecule has 6 nitrogen and oxygen atoms in total. The molecule has 3 heterocycles. The van der Waals surface area contributed by atoms with E-state index in [2.05, 4.69) is 58.2 Å². The molecule has 2 aromatic heterocycles. The highest BCUT2D eigenvalue weighted by Gasteiger charge is 2.25. The summed E-state index contributed by atoms with van der Waals surface area (Å²) in [4.78, 5) is 11.7. The first-order chi connectivity index (χ1) is 12.2. The maximum Gasteiger partial charge on any atom is 0.155 e. The second-order valence-electron chi connectivity index (χ2n) is 6.82. The molecule has 1 atom stereocenters. The van der Waals surface area contributed by atoms with Crippen LogP contribution in [0.5, 0.6) is 0 Å². The lowest BCUT2D eigenvalue weighted by Crippen LogP contribution is -2.38. The van der Waals surface area contributed by atoms with Crippen molar-refractivity contribution in [3.05, 3.63) is 53.7 Å². The standard InChI is InChI=1S/C19H23N5O/c1-13(2)18-21-19(23-22-18)17-12-24(9-10-25-17)11-15-8-7-14-5-3-4-6-16(14)20-15/h3-8,13,17H,9-12H2,1-2H3,(H,21,22,23)/t17-/m1/s1. The molecule has 1 N–H and O–H groups in total. The Kier molecular flexibility index (Phi) is 4.46. The van der Waals surface area contributed by atoms with Crippen LogP contribution in [0.1, 0.15) is 43.2 Å².